The molecule has 110 valence electrons. The SMILES string of the molecule is COc1cc(OC)c(C(=O)c2ccc(N)cc2)cc1OC. The first-order chi connectivity index (χ1) is 10.1. The van der Waals surface area contributed by atoms with Crippen LogP contribution in [0.3, 0.4) is 0 Å². The highest BCUT2D eigenvalue weighted by Gasteiger charge is 2.18. The van der Waals surface area contributed by atoms with E-state index in [-0.39, 0.29) is 5.78 Å². The molecule has 0 spiro atoms. The molecule has 0 bridgehead atoms. The van der Waals surface area contributed by atoms with Crippen molar-refractivity contribution in [2.24, 2.45) is 0 Å². The van der Waals surface area contributed by atoms with Gasteiger partial charge in [-0.15, -0.1) is 0 Å². The summed E-state index contributed by atoms with van der Waals surface area (Å²) >= 11 is 0. The third-order valence-corrected chi connectivity index (χ3v) is 3.12. The second-order valence-electron chi connectivity index (χ2n) is 4.36. The number of benzene rings is 2. The van der Waals surface area contributed by atoms with Crippen LogP contribution in [-0.4, -0.2) is 27.1 Å². The number of nitrogen functional groups attached to an aromatic ring is 1. The lowest BCUT2D eigenvalue weighted by Crippen LogP contribution is -2.05. The number of carbonyl (C=O) groups excluding carboxylic acids is 1. The first-order valence-electron chi connectivity index (χ1n) is 6.31. The van der Waals surface area contributed by atoms with Crippen LogP contribution in [-0.2, 0) is 0 Å². The summed E-state index contributed by atoms with van der Waals surface area (Å²) in [7, 11) is 4.54. The predicted octanol–water partition coefficient (Wildman–Crippen LogP) is 2.53. The Balaban J connectivity index is 2.51. The Morgan fingerprint density at radius 3 is 1.90 bits per heavy atom. The highest BCUT2D eigenvalue weighted by atomic mass is 16.5. The first kappa shape index (κ1) is 14.7. The smallest absolute Gasteiger partial charge is 0.196 e. The summed E-state index contributed by atoms with van der Waals surface area (Å²) in [5.41, 5.74) is 7.16. The van der Waals surface area contributed by atoms with Gasteiger partial charge in [0.2, 0.25) is 0 Å². The quantitative estimate of drug-likeness (QED) is 0.676. The van der Waals surface area contributed by atoms with Gasteiger partial charge in [0.05, 0.1) is 26.9 Å². The lowest BCUT2D eigenvalue weighted by atomic mass is 10.0. The van der Waals surface area contributed by atoms with Crippen LogP contribution in [0.2, 0.25) is 0 Å². The molecule has 0 fully saturated rings. The van der Waals surface area contributed by atoms with Gasteiger partial charge >= 0.3 is 0 Å². The second-order valence-corrected chi connectivity index (χ2v) is 4.36. The molecule has 5 heteroatoms. The summed E-state index contributed by atoms with van der Waals surface area (Å²) in [6.07, 6.45) is 0. The summed E-state index contributed by atoms with van der Waals surface area (Å²) in [6, 6.07) is 9.95. The zero-order chi connectivity index (χ0) is 15.4. The number of anilines is 1. The third-order valence-electron chi connectivity index (χ3n) is 3.12. The van der Waals surface area contributed by atoms with Crippen molar-refractivity contribution in [3.63, 3.8) is 0 Å². The molecule has 0 aliphatic rings. The fourth-order valence-electron chi connectivity index (χ4n) is 2.00. The number of ketones is 1. The molecule has 2 N–H and O–H groups in total. The Labute approximate surface area is 123 Å². The van der Waals surface area contributed by atoms with Crippen LogP contribution in [0, 0.1) is 0 Å². The van der Waals surface area contributed by atoms with Crippen LogP contribution in [0.4, 0.5) is 5.69 Å². The lowest BCUT2D eigenvalue weighted by molar-refractivity contribution is 0.103. The van der Waals surface area contributed by atoms with E-state index >= 15 is 0 Å². The molecule has 0 heterocycles. The molecule has 21 heavy (non-hydrogen) atoms. The van der Waals surface area contributed by atoms with Crippen molar-refractivity contribution < 1.29 is 19.0 Å². The maximum Gasteiger partial charge on any atom is 0.196 e. The molecule has 0 unspecified atom stereocenters. The average molecular weight is 287 g/mol. The number of hydrogen-bond acceptors (Lipinski definition) is 5. The van der Waals surface area contributed by atoms with Crippen molar-refractivity contribution in [1.29, 1.82) is 0 Å². The first-order valence-corrected chi connectivity index (χ1v) is 6.31. The summed E-state index contributed by atoms with van der Waals surface area (Å²) in [5, 5.41) is 0. The van der Waals surface area contributed by atoms with E-state index in [0.29, 0.717) is 34.1 Å². The van der Waals surface area contributed by atoms with E-state index in [1.54, 1.807) is 36.4 Å². The Morgan fingerprint density at radius 1 is 0.857 bits per heavy atom. The van der Waals surface area contributed by atoms with Crippen molar-refractivity contribution >= 4 is 11.5 Å². The molecule has 0 amide bonds. The van der Waals surface area contributed by atoms with E-state index in [0.717, 1.165) is 0 Å². The Hall–Kier alpha value is -2.69. The fraction of sp³-hybridized carbons (Fsp3) is 0.188. The Bertz CT molecular complexity index is 650. The van der Waals surface area contributed by atoms with Gasteiger partial charge in [-0.25, -0.2) is 0 Å². The van der Waals surface area contributed by atoms with Gasteiger partial charge in [-0.2, -0.15) is 0 Å². The number of methoxy groups -OCH3 is 3. The monoisotopic (exact) mass is 287 g/mol. The van der Waals surface area contributed by atoms with Gasteiger partial charge in [-0.05, 0) is 30.3 Å². The summed E-state index contributed by atoms with van der Waals surface area (Å²) in [5.74, 6) is 1.22. The lowest BCUT2D eigenvalue weighted by Gasteiger charge is -2.13. The maximum atomic E-state index is 12.6. The summed E-state index contributed by atoms with van der Waals surface area (Å²) in [6.45, 7) is 0. The average Bonchev–Trinajstić information content (AvgIpc) is 2.53. The van der Waals surface area contributed by atoms with E-state index in [1.807, 2.05) is 0 Å². The minimum Gasteiger partial charge on any atom is -0.496 e. The van der Waals surface area contributed by atoms with Gasteiger partial charge in [0, 0.05) is 17.3 Å². The van der Waals surface area contributed by atoms with Gasteiger partial charge in [0.25, 0.3) is 0 Å². The molecule has 0 radical (unpaired) electrons. The van der Waals surface area contributed by atoms with Gasteiger partial charge in [-0.3, -0.25) is 4.79 Å². The van der Waals surface area contributed by atoms with Crippen molar-refractivity contribution in [1.82, 2.24) is 0 Å². The minimum atomic E-state index is -0.173. The molecule has 0 aliphatic heterocycles. The number of carbonyl (C=O) groups is 1. The molecule has 0 atom stereocenters. The van der Waals surface area contributed by atoms with E-state index in [1.165, 1.54) is 21.3 Å². The zero-order valence-electron chi connectivity index (χ0n) is 12.2. The van der Waals surface area contributed by atoms with Crippen LogP contribution in [0.5, 0.6) is 17.2 Å². The zero-order valence-corrected chi connectivity index (χ0v) is 12.2. The van der Waals surface area contributed by atoms with E-state index in [9.17, 15) is 4.79 Å². The highest BCUT2D eigenvalue weighted by molar-refractivity contribution is 6.11. The molecular weight excluding hydrogens is 270 g/mol. The standard InChI is InChI=1S/C16H17NO4/c1-19-13-9-15(21-3)14(20-2)8-12(13)16(18)10-4-6-11(17)7-5-10/h4-9H,17H2,1-3H3. The van der Waals surface area contributed by atoms with E-state index in [2.05, 4.69) is 0 Å². The maximum absolute atomic E-state index is 12.6. The van der Waals surface area contributed by atoms with Crippen molar-refractivity contribution in [2.45, 2.75) is 0 Å². The van der Waals surface area contributed by atoms with E-state index < -0.39 is 0 Å². The van der Waals surface area contributed by atoms with Gasteiger partial charge in [-0.1, -0.05) is 0 Å². The topological polar surface area (TPSA) is 70.8 Å². The predicted molar refractivity (Wildman–Crippen MR) is 80.4 cm³/mol. The normalized spacial score (nSPS) is 10.0. The summed E-state index contributed by atoms with van der Waals surface area (Å²) in [4.78, 5) is 12.6. The minimum absolute atomic E-state index is 0.173. The third kappa shape index (κ3) is 2.91. The molecule has 2 aromatic rings. The van der Waals surface area contributed by atoms with Gasteiger partial charge in [0.15, 0.2) is 17.3 Å². The summed E-state index contributed by atoms with van der Waals surface area (Å²) < 4.78 is 15.7. The number of nitrogens with two attached hydrogens (primary N) is 1. The fourth-order valence-corrected chi connectivity index (χ4v) is 2.00. The molecule has 0 aromatic heterocycles. The molecule has 2 rings (SSSR count). The van der Waals surface area contributed by atoms with Crippen LogP contribution >= 0.6 is 0 Å². The van der Waals surface area contributed by atoms with Crippen molar-refractivity contribution in [3.8, 4) is 17.2 Å². The van der Waals surface area contributed by atoms with Gasteiger partial charge in [0.1, 0.15) is 5.75 Å². The molecule has 5 nitrogen and oxygen atoms in total. The van der Waals surface area contributed by atoms with Crippen LogP contribution in [0.25, 0.3) is 0 Å². The second kappa shape index (κ2) is 6.17. The Morgan fingerprint density at radius 2 is 1.38 bits per heavy atom. The number of ether oxygens (including phenoxy) is 3. The molecule has 2 aromatic carbocycles. The molecule has 0 saturated carbocycles. The Kier molecular flexibility index (Phi) is 4.33. The van der Waals surface area contributed by atoms with E-state index in [4.69, 9.17) is 19.9 Å². The van der Waals surface area contributed by atoms with Crippen LogP contribution < -0.4 is 19.9 Å². The molecule has 0 saturated heterocycles. The number of hydrogen-bond donors (Lipinski definition) is 1. The van der Waals surface area contributed by atoms with Gasteiger partial charge < -0.3 is 19.9 Å². The van der Waals surface area contributed by atoms with Crippen LogP contribution in [0.15, 0.2) is 36.4 Å². The van der Waals surface area contributed by atoms with Crippen molar-refractivity contribution in [2.75, 3.05) is 27.1 Å². The van der Waals surface area contributed by atoms with Crippen molar-refractivity contribution in [3.05, 3.63) is 47.5 Å². The largest absolute Gasteiger partial charge is 0.496 e. The van der Waals surface area contributed by atoms with Crippen LogP contribution in [0.1, 0.15) is 15.9 Å². The number of rotatable bonds is 5. The molecular formula is C16H17NO4. The molecule has 0 aliphatic carbocycles. The highest BCUT2D eigenvalue weighted by Crippen LogP contribution is 2.35.